The second kappa shape index (κ2) is 6.83. The van der Waals surface area contributed by atoms with Crippen molar-refractivity contribution in [2.24, 2.45) is 5.73 Å². The molecule has 1 rings (SSSR count). The molecule has 19 heavy (non-hydrogen) atoms. The van der Waals surface area contributed by atoms with E-state index < -0.39 is 37.3 Å². The molecule has 104 valence electrons. The molecule has 0 saturated heterocycles. The number of rotatable bonds is 7. The number of carbonyl (C=O) groups is 2. The summed E-state index contributed by atoms with van der Waals surface area (Å²) in [4.78, 5) is 22.2. The summed E-state index contributed by atoms with van der Waals surface area (Å²) in [5, 5.41) is 27.4. The lowest BCUT2D eigenvalue weighted by Crippen LogP contribution is -2.47. The van der Waals surface area contributed by atoms with Crippen LogP contribution in [0.2, 0.25) is 0 Å². The van der Waals surface area contributed by atoms with Crippen molar-refractivity contribution in [1.82, 2.24) is 4.90 Å². The lowest BCUT2D eigenvalue weighted by Gasteiger charge is -2.29. The van der Waals surface area contributed by atoms with Crippen molar-refractivity contribution in [3.05, 3.63) is 35.9 Å². The molecule has 5 N–H and O–H groups in total. The first kappa shape index (κ1) is 15.1. The van der Waals surface area contributed by atoms with E-state index in [0.29, 0.717) is 5.56 Å². The van der Waals surface area contributed by atoms with Gasteiger partial charge in [0.25, 0.3) is 0 Å². The summed E-state index contributed by atoms with van der Waals surface area (Å²) in [6.45, 7) is -1.21. The van der Waals surface area contributed by atoms with Gasteiger partial charge in [0.05, 0.1) is 19.1 Å². The number of aliphatic hydroxyl groups is 1. The van der Waals surface area contributed by atoms with E-state index >= 15 is 0 Å². The van der Waals surface area contributed by atoms with Crippen LogP contribution >= 0.6 is 0 Å². The molecule has 1 aromatic carbocycles. The Morgan fingerprint density at radius 3 is 2.00 bits per heavy atom. The highest BCUT2D eigenvalue weighted by atomic mass is 16.4. The van der Waals surface area contributed by atoms with Crippen molar-refractivity contribution >= 4 is 11.9 Å². The number of hydrogen-bond donors (Lipinski definition) is 4. The number of hydrogen-bond acceptors (Lipinski definition) is 5. The number of nitrogens with two attached hydrogens (primary N) is 1. The van der Waals surface area contributed by atoms with E-state index in [1.807, 2.05) is 0 Å². The van der Waals surface area contributed by atoms with E-state index in [0.717, 1.165) is 4.90 Å². The fourth-order valence-corrected chi connectivity index (χ4v) is 1.66. The maximum absolute atomic E-state index is 10.7. The topological polar surface area (TPSA) is 124 Å². The second-order valence-electron chi connectivity index (χ2n) is 4.04. The molecule has 7 heteroatoms. The van der Waals surface area contributed by atoms with Gasteiger partial charge in [-0.2, -0.15) is 0 Å². The van der Waals surface area contributed by atoms with Crippen molar-refractivity contribution in [2.45, 2.75) is 12.3 Å². The van der Waals surface area contributed by atoms with Gasteiger partial charge < -0.3 is 21.1 Å². The van der Waals surface area contributed by atoms with Gasteiger partial charge in [-0.25, -0.2) is 0 Å². The normalized spacial score (nSPS) is 14.1. The molecule has 0 bridgehead atoms. The zero-order valence-electron chi connectivity index (χ0n) is 10.1. The summed E-state index contributed by atoms with van der Waals surface area (Å²) in [5.74, 6) is -2.47. The molecule has 0 radical (unpaired) electrons. The zero-order valence-corrected chi connectivity index (χ0v) is 10.1. The SMILES string of the molecule is NC(c1ccccc1)C(O)N(CC(=O)O)CC(=O)O. The zero-order chi connectivity index (χ0) is 14.4. The summed E-state index contributed by atoms with van der Waals surface area (Å²) >= 11 is 0. The van der Waals surface area contributed by atoms with Crippen LogP contribution in [0.4, 0.5) is 0 Å². The highest BCUT2D eigenvalue weighted by molar-refractivity contribution is 5.72. The smallest absolute Gasteiger partial charge is 0.317 e. The minimum absolute atomic E-state index is 0.593. The lowest BCUT2D eigenvalue weighted by molar-refractivity contribution is -0.147. The van der Waals surface area contributed by atoms with Gasteiger partial charge in [-0.05, 0) is 5.56 Å². The van der Waals surface area contributed by atoms with Crippen molar-refractivity contribution in [1.29, 1.82) is 0 Å². The quantitative estimate of drug-likeness (QED) is 0.490. The van der Waals surface area contributed by atoms with Crippen LogP contribution in [-0.2, 0) is 9.59 Å². The Kier molecular flexibility index (Phi) is 5.43. The van der Waals surface area contributed by atoms with E-state index in [1.54, 1.807) is 30.3 Å². The molecule has 0 heterocycles. The maximum atomic E-state index is 10.7. The Labute approximate surface area is 109 Å². The highest BCUT2D eigenvalue weighted by Gasteiger charge is 2.27. The van der Waals surface area contributed by atoms with Crippen LogP contribution in [-0.4, -0.2) is 51.5 Å². The Bertz CT molecular complexity index is 421. The van der Waals surface area contributed by atoms with Crippen LogP contribution in [0.3, 0.4) is 0 Å². The molecule has 0 aromatic heterocycles. The summed E-state index contributed by atoms with van der Waals surface area (Å²) < 4.78 is 0. The summed E-state index contributed by atoms with van der Waals surface area (Å²) in [6.07, 6.45) is -1.39. The Morgan fingerprint density at radius 1 is 1.11 bits per heavy atom. The predicted molar refractivity (Wildman–Crippen MR) is 66.2 cm³/mol. The number of carboxylic acid groups (broad SMARTS) is 2. The molecule has 7 nitrogen and oxygen atoms in total. The largest absolute Gasteiger partial charge is 0.480 e. The molecular weight excluding hydrogens is 252 g/mol. The number of aliphatic carboxylic acids is 2. The number of aliphatic hydroxyl groups excluding tert-OH is 1. The fourth-order valence-electron chi connectivity index (χ4n) is 1.66. The third-order valence-electron chi connectivity index (χ3n) is 2.56. The summed E-state index contributed by atoms with van der Waals surface area (Å²) in [6, 6.07) is 7.68. The van der Waals surface area contributed by atoms with Gasteiger partial charge in [0.15, 0.2) is 0 Å². The van der Waals surface area contributed by atoms with Crippen molar-refractivity contribution in [3.8, 4) is 0 Å². The third kappa shape index (κ3) is 4.66. The molecule has 0 aliphatic heterocycles. The van der Waals surface area contributed by atoms with Crippen LogP contribution in [0.5, 0.6) is 0 Å². The average Bonchev–Trinajstić information content (AvgIpc) is 2.36. The summed E-state index contributed by atoms with van der Waals surface area (Å²) in [5.41, 5.74) is 6.41. The molecule has 0 aliphatic carbocycles. The fraction of sp³-hybridized carbons (Fsp3) is 0.333. The predicted octanol–water partition coefficient (Wildman–Crippen LogP) is -0.524. The number of carboxylic acids is 2. The molecule has 0 fully saturated rings. The van der Waals surface area contributed by atoms with E-state index in [4.69, 9.17) is 15.9 Å². The van der Waals surface area contributed by atoms with Gasteiger partial charge in [0.1, 0.15) is 6.23 Å². The monoisotopic (exact) mass is 268 g/mol. The highest BCUT2D eigenvalue weighted by Crippen LogP contribution is 2.16. The number of benzene rings is 1. The first-order valence-corrected chi connectivity index (χ1v) is 5.58. The van der Waals surface area contributed by atoms with Gasteiger partial charge in [-0.3, -0.25) is 14.5 Å². The third-order valence-corrected chi connectivity index (χ3v) is 2.56. The molecule has 1 aromatic rings. The Balaban J connectivity index is 2.82. The van der Waals surface area contributed by atoms with Crippen molar-refractivity contribution in [2.75, 3.05) is 13.1 Å². The maximum Gasteiger partial charge on any atom is 0.317 e. The Hall–Kier alpha value is -1.96. The van der Waals surface area contributed by atoms with Gasteiger partial charge in [0.2, 0.25) is 0 Å². The number of nitrogens with zero attached hydrogens (tertiary/aromatic N) is 1. The van der Waals surface area contributed by atoms with Gasteiger partial charge >= 0.3 is 11.9 Å². The van der Waals surface area contributed by atoms with Crippen LogP contribution in [0, 0.1) is 0 Å². The van der Waals surface area contributed by atoms with E-state index in [9.17, 15) is 14.7 Å². The van der Waals surface area contributed by atoms with Gasteiger partial charge in [0, 0.05) is 0 Å². The molecular formula is C12H16N2O5. The Morgan fingerprint density at radius 2 is 1.58 bits per heavy atom. The van der Waals surface area contributed by atoms with Crippen LogP contribution in [0.25, 0.3) is 0 Å². The molecule has 0 amide bonds. The van der Waals surface area contributed by atoms with Crippen LogP contribution in [0.1, 0.15) is 11.6 Å². The minimum atomic E-state index is -1.39. The molecule has 2 unspecified atom stereocenters. The first-order valence-electron chi connectivity index (χ1n) is 5.58. The lowest BCUT2D eigenvalue weighted by atomic mass is 10.1. The second-order valence-corrected chi connectivity index (χ2v) is 4.04. The molecule has 2 atom stereocenters. The molecule has 0 spiro atoms. The minimum Gasteiger partial charge on any atom is -0.480 e. The van der Waals surface area contributed by atoms with Crippen molar-refractivity contribution in [3.63, 3.8) is 0 Å². The van der Waals surface area contributed by atoms with Crippen molar-refractivity contribution < 1.29 is 24.9 Å². The first-order chi connectivity index (χ1) is 8.91. The van der Waals surface area contributed by atoms with Crippen LogP contribution < -0.4 is 5.73 Å². The summed E-state index contributed by atoms with van der Waals surface area (Å²) in [7, 11) is 0. The standard InChI is InChI=1S/C12H16N2O5/c13-11(8-4-2-1-3-5-8)12(19)14(6-9(15)16)7-10(17)18/h1-5,11-12,19H,6-7,13H2,(H,15,16)(H,17,18). The van der Waals surface area contributed by atoms with Gasteiger partial charge in [-0.1, -0.05) is 30.3 Å². The van der Waals surface area contributed by atoms with E-state index in [2.05, 4.69) is 0 Å². The molecule has 0 saturated carbocycles. The molecule has 0 aliphatic rings. The van der Waals surface area contributed by atoms with E-state index in [1.165, 1.54) is 0 Å². The van der Waals surface area contributed by atoms with Gasteiger partial charge in [-0.15, -0.1) is 0 Å². The van der Waals surface area contributed by atoms with Crippen LogP contribution in [0.15, 0.2) is 30.3 Å². The average molecular weight is 268 g/mol. The van der Waals surface area contributed by atoms with E-state index in [-0.39, 0.29) is 0 Å².